The van der Waals surface area contributed by atoms with Gasteiger partial charge in [0.2, 0.25) is 5.91 Å². The van der Waals surface area contributed by atoms with Crippen LogP contribution in [0.25, 0.3) is 11.4 Å². The molecule has 0 bridgehead atoms. The molecule has 6 nitrogen and oxygen atoms in total. The first-order valence-corrected chi connectivity index (χ1v) is 8.39. The largest absolute Gasteiger partial charge is 0.347 e. The van der Waals surface area contributed by atoms with Crippen LogP contribution in [0.1, 0.15) is 51.8 Å². The standard InChI is InChI=1S/C18H24N4O2/c1-4-9-12(3)17(23)19-14(5-2)15-18(24)20-16(22-21-15)13-10-7-6-8-11-13/h6-8,10-12,14H,4-5,9H2,1-3H3,(H,19,23)(H,20,22,24). The number of carbonyl (C=O) groups is 1. The molecule has 1 aromatic carbocycles. The Kier molecular flexibility index (Phi) is 6.23. The van der Waals surface area contributed by atoms with Crippen LogP contribution in [0.15, 0.2) is 35.1 Å². The molecule has 2 unspecified atom stereocenters. The highest BCUT2D eigenvalue weighted by molar-refractivity contribution is 5.78. The fraction of sp³-hybridized carbons (Fsp3) is 0.444. The third-order valence-corrected chi connectivity index (χ3v) is 3.99. The number of benzene rings is 1. The van der Waals surface area contributed by atoms with Crippen molar-refractivity contribution >= 4 is 5.91 Å². The van der Waals surface area contributed by atoms with E-state index in [-0.39, 0.29) is 23.1 Å². The first-order valence-electron chi connectivity index (χ1n) is 8.39. The Morgan fingerprint density at radius 2 is 1.92 bits per heavy atom. The lowest BCUT2D eigenvalue weighted by molar-refractivity contribution is -0.125. The summed E-state index contributed by atoms with van der Waals surface area (Å²) in [7, 11) is 0. The van der Waals surface area contributed by atoms with Gasteiger partial charge in [-0.2, -0.15) is 0 Å². The maximum atomic E-state index is 12.4. The molecule has 0 saturated carbocycles. The number of hydrogen-bond donors (Lipinski definition) is 2. The molecule has 0 aliphatic heterocycles. The van der Waals surface area contributed by atoms with Gasteiger partial charge in [-0.3, -0.25) is 9.59 Å². The zero-order valence-corrected chi connectivity index (χ0v) is 14.4. The number of aromatic nitrogens is 3. The van der Waals surface area contributed by atoms with E-state index >= 15 is 0 Å². The van der Waals surface area contributed by atoms with Crippen molar-refractivity contribution in [2.45, 2.75) is 46.1 Å². The number of hydrogen-bond acceptors (Lipinski definition) is 4. The van der Waals surface area contributed by atoms with Gasteiger partial charge >= 0.3 is 0 Å². The molecule has 2 atom stereocenters. The first-order chi connectivity index (χ1) is 11.6. The van der Waals surface area contributed by atoms with Crippen LogP contribution in [0.2, 0.25) is 0 Å². The van der Waals surface area contributed by atoms with Gasteiger partial charge in [-0.25, -0.2) is 0 Å². The van der Waals surface area contributed by atoms with Gasteiger partial charge < -0.3 is 10.3 Å². The number of H-pyrrole nitrogens is 1. The monoisotopic (exact) mass is 328 g/mol. The van der Waals surface area contributed by atoms with E-state index in [4.69, 9.17) is 0 Å². The van der Waals surface area contributed by atoms with E-state index in [9.17, 15) is 9.59 Å². The minimum absolute atomic E-state index is 0.0583. The summed E-state index contributed by atoms with van der Waals surface area (Å²) in [6.07, 6.45) is 2.34. The lowest BCUT2D eigenvalue weighted by Crippen LogP contribution is -2.36. The number of nitrogens with zero attached hydrogens (tertiary/aromatic N) is 2. The maximum absolute atomic E-state index is 12.4. The Morgan fingerprint density at radius 1 is 1.21 bits per heavy atom. The normalized spacial score (nSPS) is 13.3. The molecule has 0 aliphatic rings. The molecule has 128 valence electrons. The molecule has 24 heavy (non-hydrogen) atoms. The number of amides is 1. The number of nitrogens with one attached hydrogen (secondary N) is 2. The van der Waals surface area contributed by atoms with E-state index in [1.165, 1.54) is 0 Å². The quantitative estimate of drug-likeness (QED) is 0.818. The van der Waals surface area contributed by atoms with Gasteiger partial charge in [0.25, 0.3) is 5.56 Å². The van der Waals surface area contributed by atoms with Gasteiger partial charge in [-0.1, -0.05) is 57.5 Å². The highest BCUT2D eigenvalue weighted by Gasteiger charge is 2.21. The first kappa shape index (κ1) is 17.8. The average Bonchev–Trinajstić information content (AvgIpc) is 2.60. The SMILES string of the molecule is CCCC(C)C(=O)NC(CC)c1nnc(-c2ccccc2)[nH]c1=O. The number of aromatic amines is 1. The molecule has 0 aliphatic carbocycles. The molecule has 2 rings (SSSR count). The molecule has 2 aromatic rings. The van der Waals surface area contributed by atoms with Gasteiger partial charge in [0.05, 0.1) is 6.04 Å². The predicted molar refractivity (Wildman–Crippen MR) is 93.3 cm³/mol. The summed E-state index contributed by atoms with van der Waals surface area (Å²) in [5.74, 6) is 0.279. The molecule has 1 amide bonds. The van der Waals surface area contributed by atoms with Crippen LogP contribution in [-0.2, 0) is 4.79 Å². The van der Waals surface area contributed by atoms with Crippen LogP contribution >= 0.6 is 0 Å². The van der Waals surface area contributed by atoms with Gasteiger partial charge in [0.15, 0.2) is 11.5 Å². The maximum Gasteiger partial charge on any atom is 0.275 e. The predicted octanol–water partition coefficient (Wildman–Crippen LogP) is 2.84. The highest BCUT2D eigenvalue weighted by atomic mass is 16.2. The third kappa shape index (κ3) is 4.28. The summed E-state index contributed by atoms with van der Waals surface area (Å²) in [4.78, 5) is 27.3. The molecular weight excluding hydrogens is 304 g/mol. The second-order valence-corrected chi connectivity index (χ2v) is 5.91. The fourth-order valence-corrected chi connectivity index (χ4v) is 2.54. The molecule has 6 heteroatoms. The Bertz CT molecular complexity index is 727. The van der Waals surface area contributed by atoms with E-state index in [1.807, 2.05) is 51.1 Å². The molecule has 2 N–H and O–H groups in total. The van der Waals surface area contributed by atoms with Crippen molar-refractivity contribution in [3.8, 4) is 11.4 Å². The second-order valence-electron chi connectivity index (χ2n) is 5.91. The van der Waals surface area contributed by atoms with Gasteiger partial charge in [0.1, 0.15) is 0 Å². The van der Waals surface area contributed by atoms with Crippen molar-refractivity contribution in [1.82, 2.24) is 20.5 Å². The molecule has 1 aromatic heterocycles. The molecule has 0 spiro atoms. The van der Waals surface area contributed by atoms with Crippen LogP contribution in [0.4, 0.5) is 0 Å². The summed E-state index contributed by atoms with van der Waals surface area (Å²) in [5, 5.41) is 11.1. The summed E-state index contributed by atoms with van der Waals surface area (Å²) >= 11 is 0. The fourth-order valence-electron chi connectivity index (χ4n) is 2.54. The van der Waals surface area contributed by atoms with E-state index in [0.29, 0.717) is 12.2 Å². The summed E-state index contributed by atoms with van der Waals surface area (Å²) < 4.78 is 0. The number of carbonyl (C=O) groups excluding carboxylic acids is 1. The van der Waals surface area contributed by atoms with Crippen LogP contribution < -0.4 is 10.9 Å². The van der Waals surface area contributed by atoms with Crippen molar-refractivity contribution < 1.29 is 4.79 Å². The van der Waals surface area contributed by atoms with E-state index in [1.54, 1.807) is 0 Å². The Balaban J connectivity index is 2.20. The lowest BCUT2D eigenvalue weighted by Gasteiger charge is -2.18. The van der Waals surface area contributed by atoms with E-state index in [2.05, 4.69) is 20.5 Å². The smallest absolute Gasteiger partial charge is 0.275 e. The van der Waals surface area contributed by atoms with Crippen molar-refractivity contribution in [3.05, 3.63) is 46.4 Å². The summed E-state index contributed by atoms with van der Waals surface area (Å²) in [6, 6.07) is 8.90. The van der Waals surface area contributed by atoms with Crippen LogP contribution in [0.5, 0.6) is 0 Å². The van der Waals surface area contributed by atoms with Gasteiger partial charge in [-0.05, 0) is 12.8 Å². The zero-order chi connectivity index (χ0) is 17.5. The van der Waals surface area contributed by atoms with Crippen molar-refractivity contribution in [2.24, 2.45) is 5.92 Å². The molecule has 0 fully saturated rings. The van der Waals surface area contributed by atoms with Crippen LogP contribution in [0.3, 0.4) is 0 Å². The minimum Gasteiger partial charge on any atom is -0.347 e. The van der Waals surface area contributed by atoms with Crippen molar-refractivity contribution in [1.29, 1.82) is 0 Å². The number of rotatable bonds is 7. The van der Waals surface area contributed by atoms with Crippen LogP contribution in [0, 0.1) is 5.92 Å². The Morgan fingerprint density at radius 3 is 2.50 bits per heavy atom. The van der Waals surface area contributed by atoms with Crippen LogP contribution in [-0.4, -0.2) is 21.1 Å². The topological polar surface area (TPSA) is 87.7 Å². The molecular formula is C18H24N4O2. The van der Waals surface area contributed by atoms with Gasteiger partial charge in [-0.15, -0.1) is 10.2 Å². The average molecular weight is 328 g/mol. The third-order valence-electron chi connectivity index (χ3n) is 3.99. The van der Waals surface area contributed by atoms with E-state index in [0.717, 1.165) is 18.4 Å². The van der Waals surface area contributed by atoms with E-state index < -0.39 is 6.04 Å². The highest BCUT2D eigenvalue weighted by Crippen LogP contribution is 2.15. The lowest BCUT2D eigenvalue weighted by atomic mass is 10.0. The summed E-state index contributed by atoms with van der Waals surface area (Å²) in [5.41, 5.74) is 0.718. The minimum atomic E-state index is -0.433. The van der Waals surface area contributed by atoms with Crippen molar-refractivity contribution in [2.75, 3.05) is 0 Å². The molecule has 0 saturated heterocycles. The summed E-state index contributed by atoms with van der Waals surface area (Å²) in [6.45, 7) is 5.83. The second kappa shape index (κ2) is 8.38. The molecule has 0 radical (unpaired) electrons. The zero-order valence-electron chi connectivity index (χ0n) is 14.4. The Hall–Kier alpha value is -2.50. The van der Waals surface area contributed by atoms with Gasteiger partial charge in [0, 0.05) is 11.5 Å². The molecule has 1 heterocycles. The Labute approximate surface area is 141 Å². The van der Waals surface area contributed by atoms with Crippen molar-refractivity contribution in [3.63, 3.8) is 0 Å².